The highest BCUT2D eigenvalue weighted by Gasteiger charge is 2.05. The van der Waals surface area contributed by atoms with E-state index in [0.29, 0.717) is 10.2 Å². The number of hydrogen-bond donors (Lipinski definition) is 1. The predicted molar refractivity (Wildman–Crippen MR) is 47.1 cm³/mol. The molecule has 2 nitrogen and oxygen atoms in total. The molecule has 0 heterocycles. The van der Waals surface area contributed by atoms with Crippen molar-refractivity contribution in [2.75, 3.05) is 7.11 Å². The first-order valence-corrected chi connectivity index (χ1v) is 3.97. The van der Waals surface area contributed by atoms with Crippen molar-refractivity contribution in [3.05, 3.63) is 22.2 Å². The first-order valence-electron chi connectivity index (χ1n) is 3.18. The van der Waals surface area contributed by atoms with Gasteiger partial charge in [0.1, 0.15) is 0 Å². The Bertz CT molecular complexity index is 271. The Kier molecular flexibility index (Phi) is 2.39. The molecule has 60 valence electrons. The summed E-state index contributed by atoms with van der Waals surface area (Å²) in [5, 5.41) is 9.35. The van der Waals surface area contributed by atoms with Crippen LogP contribution in [0.4, 0.5) is 0 Å². The normalized spacial score (nSPS) is 9.73. The van der Waals surface area contributed by atoms with E-state index >= 15 is 0 Å². The number of benzene rings is 1. The SMILES string of the molecule is COc1cc(C)cc(Br)c1O. The fourth-order valence-corrected chi connectivity index (χ4v) is 1.41. The molecule has 3 heteroatoms. The highest BCUT2D eigenvalue weighted by Crippen LogP contribution is 2.34. The second-order valence-corrected chi connectivity index (χ2v) is 3.15. The summed E-state index contributed by atoms with van der Waals surface area (Å²) in [6.45, 7) is 1.94. The Morgan fingerprint density at radius 1 is 1.45 bits per heavy atom. The van der Waals surface area contributed by atoms with E-state index in [2.05, 4.69) is 15.9 Å². The quantitative estimate of drug-likeness (QED) is 0.782. The Balaban J connectivity index is 3.24. The third-order valence-corrected chi connectivity index (χ3v) is 2.00. The summed E-state index contributed by atoms with van der Waals surface area (Å²) in [4.78, 5) is 0. The van der Waals surface area contributed by atoms with Gasteiger partial charge in [0.05, 0.1) is 11.6 Å². The molecule has 11 heavy (non-hydrogen) atoms. The molecule has 0 bridgehead atoms. The zero-order chi connectivity index (χ0) is 8.43. The van der Waals surface area contributed by atoms with Gasteiger partial charge in [-0.1, -0.05) is 0 Å². The van der Waals surface area contributed by atoms with Crippen molar-refractivity contribution >= 4 is 15.9 Å². The van der Waals surface area contributed by atoms with Gasteiger partial charge in [-0.25, -0.2) is 0 Å². The molecule has 0 aliphatic rings. The average molecular weight is 217 g/mol. The molecule has 1 aromatic rings. The van der Waals surface area contributed by atoms with Gasteiger partial charge < -0.3 is 9.84 Å². The van der Waals surface area contributed by atoms with Crippen molar-refractivity contribution in [3.63, 3.8) is 0 Å². The van der Waals surface area contributed by atoms with Crippen LogP contribution in [0.15, 0.2) is 16.6 Å². The van der Waals surface area contributed by atoms with E-state index in [1.807, 2.05) is 13.0 Å². The molecule has 0 unspecified atom stereocenters. The summed E-state index contributed by atoms with van der Waals surface area (Å²) >= 11 is 3.21. The minimum Gasteiger partial charge on any atom is -0.503 e. The highest BCUT2D eigenvalue weighted by atomic mass is 79.9. The van der Waals surface area contributed by atoms with Gasteiger partial charge in [-0.3, -0.25) is 0 Å². The molecular formula is C8H9BrO2. The number of rotatable bonds is 1. The summed E-state index contributed by atoms with van der Waals surface area (Å²) in [6.07, 6.45) is 0. The van der Waals surface area contributed by atoms with Crippen molar-refractivity contribution < 1.29 is 9.84 Å². The molecular weight excluding hydrogens is 208 g/mol. The van der Waals surface area contributed by atoms with E-state index in [-0.39, 0.29) is 5.75 Å². The van der Waals surface area contributed by atoms with Crippen LogP contribution in [0.5, 0.6) is 11.5 Å². The fourth-order valence-electron chi connectivity index (χ4n) is 0.858. The van der Waals surface area contributed by atoms with Gasteiger partial charge in [-0.2, -0.15) is 0 Å². The summed E-state index contributed by atoms with van der Waals surface area (Å²) in [5.41, 5.74) is 1.05. The van der Waals surface area contributed by atoms with E-state index in [1.54, 1.807) is 6.07 Å². The molecule has 0 aliphatic heterocycles. The molecule has 1 aromatic carbocycles. The van der Waals surface area contributed by atoms with Crippen molar-refractivity contribution in [3.8, 4) is 11.5 Å². The molecule has 0 spiro atoms. The number of aryl methyl sites for hydroxylation is 1. The highest BCUT2D eigenvalue weighted by molar-refractivity contribution is 9.10. The molecule has 0 saturated carbocycles. The molecule has 0 amide bonds. The van der Waals surface area contributed by atoms with Crippen molar-refractivity contribution in [1.29, 1.82) is 0 Å². The van der Waals surface area contributed by atoms with Crippen LogP contribution >= 0.6 is 15.9 Å². The van der Waals surface area contributed by atoms with Gasteiger partial charge in [-0.15, -0.1) is 0 Å². The topological polar surface area (TPSA) is 29.5 Å². The van der Waals surface area contributed by atoms with Crippen LogP contribution < -0.4 is 4.74 Å². The van der Waals surface area contributed by atoms with Crippen molar-refractivity contribution in [2.24, 2.45) is 0 Å². The van der Waals surface area contributed by atoms with E-state index < -0.39 is 0 Å². The smallest absolute Gasteiger partial charge is 0.172 e. The number of hydrogen-bond acceptors (Lipinski definition) is 2. The monoisotopic (exact) mass is 216 g/mol. The zero-order valence-corrected chi connectivity index (χ0v) is 7.97. The maximum atomic E-state index is 9.35. The molecule has 0 aromatic heterocycles. The minimum absolute atomic E-state index is 0.151. The molecule has 1 N–H and O–H groups in total. The average Bonchev–Trinajstić information content (AvgIpc) is 1.96. The lowest BCUT2D eigenvalue weighted by Gasteiger charge is -2.05. The predicted octanol–water partition coefficient (Wildman–Crippen LogP) is 2.47. The lowest BCUT2D eigenvalue weighted by molar-refractivity contribution is 0.371. The standard InChI is InChI=1S/C8H9BrO2/c1-5-3-6(9)8(10)7(4-5)11-2/h3-4,10H,1-2H3. The van der Waals surface area contributed by atoms with Gasteiger partial charge in [0.15, 0.2) is 11.5 Å². The van der Waals surface area contributed by atoms with Crippen LogP contribution in [0.1, 0.15) is 5.56 Å². The van der Waals surface area contributed by atoms with Crippen molar-refractivity contribution in [1.82, 2.24) is 0 Å². The Morgan fingerprint density at radius 3 is 2.64 bits per heavy atom. The number of phenolic OH excluding ortho intramolecular Hbond substituents is 1. The molecule has 0 aliphatic carbocycles. The number of phenols is 1. The number of halogens is 1. The van der Waals surface area contributed by atoms with Crippen LogP contribution in [-0.2, 0) is 0 Å². The first-order chi connectivity index (χ1) is 5.15. The first kappa shape index (κ1) is 8.40. The van der Waals surface area contributed by atoms with Crippen molar-refractivity contribution in [2.45, 2.75) is 6.92 Å². The van der Waals surface area contributed by atoms with Crippen LogP contribution in [0.2, 0.25) is 0 Å². The summed E-state index contributed by atoms with van der Waals surface area (Å²) < 4.78 is 5.59. The van der Waals surface area contributed by atoms with E-state index in [9.17, 15) is 5.11 Å². The molecule has 0 radical (unpaired) electrons. The maximum absolute atomic E-state index is 9.35. The third-order valence-electron chi connectivity index (χ3n) is 1.39. The Morgan fingerprint density at radius 2 is 2.09 bits per heavy atom. The van der Waals surface area contributed by atoms with Crippen LogP contribution in [0.25, 0.3) is 0 Å². The van der Waals surface area contributed by atoms with Crippen LogP contribution in [0.3, 0.4) is 0 Å². The lowest BCUT2D eigenvalue weighted by atomic mass is 10.2. The second kappa shape index (κ2) is 3.13. The molecule has 1 rings (SSSR count). The summed E-state index contributed by atoms with van der Waals surface area (Å²) in [5.74, 6) is 0.648. The lowest BCUT2D eigenvalue weighted by Crippen LogP contribution is -1.85. The van der Waals surface area contributed by atoms with E-state index in [4.69, 9.17) is 4.74 Å². The van der Waals surface area contributed by atoms with Gasteiger partial charge in [0.2, 0.25) is 0 Å². The second-order valence-electron chi connectivity index (χ2n) is 2.30. The Hall–Kier alpha value is -0.700. The van der Waals surface area contributed by atoms with Gasteiger partial charge >= 0.3 is 0 Å². The number of aromatic hydroxyl groups is 1. The maximum Gasteiger partial charge on any atom is 0.172 e. The van der Waals surface area contributed by atoms with Gasteiger partial charge in [-0.05, 0) is 40.5 Å². The molecule has 0 saturated heterocycles. The molecule has 0 fully saturated rings. The largest absolute Gasteiger partial charge is 0.503 e. The third kappa shape index (κ3) is 1.66. The number of ether oxygens (including phenoxy) is 1. The van der Waals surface area contributed by atoms with E-state index in [1.165, 1.54) is 7.11 Å². The summed E-state index contributed by atoms with van der Waals surface area (Å²) in [7, 11) is 1.53. The van der Waals surface area contributed by atoms with Crippen LogP contribution in [-0.4, -0.2) is 12.2 Å². The number of methoxy groups -OCH3 is 1. The minimum atomic E-state index is 0.151. The van der Waals surface area contributed by atoms with Gasteiger partial charge in [0.25, 0.3) is 0 Å². The Labute approximate surface area is 73.9 Å². The molecule has 0 atom stereocenters. The van der Waals surface area contributed by atoms with E-state index in [0.717, 1.165) is 5.56 Å². The zero-order valence-electron chi connectivity index (χ0n) is 6.39. The van der Waals surface area contributed by atoms with Gasteiger partial charge in [0, 0.05) is 0 Å². The fraction of sp³-hybridized carbons (Fsp3) is 0.250. The summed E-state index contributed by atoms with van der Waals surface area (Å²) in [6, 6.07) is 3.61. The van der Waals surface area contributed by atoms with Crippen LogP contribution in [0, 0.1) is 6.92 Å².